The van der Waals surface area contributed by atoms with E-state index in [9.17, 15) is 24.6 Å². The second-order valence-electron chi connectivity index (χ2n) is 7.59. The largest absolute Gasteiger partial charge is 0.480 e. The summed E-state index contributed by atoms with van der Waals surface area (Å²) < 4.78 is 9.63. The lowest BCUT2D eigenvalue weighted by Crippen LogP contribution is -2.56. The molecule has 1 saturated carbocycles. The number of aliphatic carboxylic acids is 1. The molecule has 172 valence electrons. The van der Waals surface area contributed by atoms with Crippen molar-refractivity contribution in [2.75, 3.05) is 33.9 Å². The number of nitrogens with zero attached hydrogens (tertiary/aromatic N) is 3. The molecule has 0 bridgehead atoms. The van der Waals surface area contributed by atoms with Crippen molar-refractivity contribution in [3.63, 3.8) is 0 Å². The van der Waals surface area contributed by atoms with Crippen molar-refractivity contribution in [3.8, 4) is 0 Å². The average Bonchev–Trinajstić information content (AvgIpc) is 2.78. The van der Waals surface area contributed by atoms with Gasteiger partial charge in [0.25, 0.3) is 0 Å². The Morgan fingerprint density at radius 2 is 1.58 bits per heavy atom. The van der Waals surface area contributed by atoms with Crippen molar-refractivity contribution in [1.29, 1.82) is 0 Å². The van der Waals surface area contributed by atoms with Gasteiger partial charge < -0.3 is 19.7 Å². The molecule has 0 radical (unpaired) electrons. The molecule has 1 aliphatic rings. The lowest BCUT2D eigenvalue weighted by atomic mass is 9.87. The molecule has 1 aromatic heterocycles. The molecule has 1 unspecified atom stereocenters. The molecule has 10 nitrogen and oxygen atoms in total. The molecule has 1 aliphatic carbocycles. The molecular formula is C21H31N3O7. The maximum absolute atomic E-state index is 12.1. The molecule has 1 fully saturated rings. The van der Waals surface area contributed by atoms with E-state index in [0.717, 1.165) is 19.3 Å². The zero-order valence-electron chi connectivity index (χ0n) is 18.0. The zero-order chi connectivity index (χ0) is 22.8. The molecule has 0 aromatic carbocycles. The van der Waals surface area contributed by atoms with Crippen molar-refractivity contribution in [3.05, 3.63) is 29.6 Å². The summed E-state index contributed by atoms with van der Waals surface area (Å²) >= 11 is 0. The monoisotopic (exact) mass is 437 g/mol. The molecule has 0 spiro atoms. The molecule has 2 rings (SSSR count). The van der Waals surface area contributed by atoms with E-state index in [-0.39, 0.29) is 38.3 Å². The number of rotatable bonds is 11. The van der Waals surface area contributed by atoms with Crippen LogP contribution in [0.25, 0.3) is 0 Å². The highest BCUT2D eigenvalue weighted by molar-refractivity contribution is 5.74. The minimum absolute atomic E-state index is 0.0141. The Morgan fingerprint density at radius 3 is 2.06 bits per heavy atom. The maximum atomic E-state index is 12.1. The van der Waals surface area contributed by atoms with Gasteiger partial charge >= 0.3 is 17.9 Å². The Labute approximate surface area is 181 Å². The molecule has 10 heteroatoms. The van der Waals surface area contributed by atoms with Gasteiger partial charge in [-0.2, -0.15) is 0 Å². The summed E-state index contributed by atoms with van der Waals surface area (Å²) in [4.78, 5) is 43.4. The number of pyridine rings is 1. The first-order valence-corrected chi connectivity index (χ1v) is 10.3. The summed E-state index contributed by atoms with van der Waals surface area (Å²) in [6, 6.07) is 3.14. The third-order valence-electron chi connectivity index (χ3n) is 5.52. The predicted molar refractivity (Wildman–Crippen MR) is 110 cm³/mol. The molecular weight excluding hydrogens is 406 g/mol. The van der Waals surface area contributed by atoms with E-state index < -0.39 is 17.9 Å². The third kappa shape index (κ3) is 7.57. The standard InChI is InChI=1S/C21H31N3O7/c1-30-20(28)12-23(10-16-8-7-15(14-25)9-22-16)17-5-3-4-6-18(17)24(11-19(26)27)13-21(29)31-2/h7-9,17-18,25H,3-6,10-14H2,1-2H3,(H,26,27)/t17-,18?/m0/s1. The van der Waals surface area contributed by atoms with Gasteiger partial charge in [0.05, 0.1) is 46.2 Å². The molecule has 0 aliphatic heterocycles. The number of carbonyl (C=O) groups excluding carboxylic acids is 2. The highest BCUT2D eigenvalue weighted by Gasteiger charge is 2.37. The number of aliphatic hydroxyl groups is 1. The van der Waals surface area contributed by atoms with Gasteiger partial charge in [-0.15, -0.1) is 0 Å². The summed E-state index contributed by atoms with van der Waals surface area (Å²) in [6.07, 6.45) is 4.85. The van der Waals surface area contributed by atoms with Crippen LogP contribution in [0.15, 0.2) is 18.3 Å². The fraction of sp³-hybridized carbons (Fsp3) is 0.619. The topological polar surface area (TPSA) is 130 Å². The van der Waals surface area contributed by atoms with Crippen LogP contribution >= 0.6 is 0 Å². The minimum Gasteiger partial charge on any atom is -0.480 e. The molecule has 1 heterocycles. The molecule has 2 atom stereocenters. The number of hydrogen-bond acceptors (Lipinski definition) is 9. The molecule has 1 aromatic rings. The summed E-state index contributed by atoms with van der Waals surface area (Å²) in [6.45, 7) is -0.186. The van der Waals surface area contributed by atoms with E-state index in [1.54, 1.807) is 23.2 Å². The van der Waals surface area contributed by atoms with E-state index in [4.69, 9.17) is 9.47 Å². The van der Waals surface area contributed by atoms with Gasteiger partial charge in [0.1, 0.15) is 0 Å². The van der Waals surface area contributed by atoms with Crippen LogP contribution in [0.4, 0.5) is 0 Å². The van der Waals surface area contributed by atoms with Gasteiger partial charge in [-0.3, -0.25) is 29.2 Å². The van der Waals surface area contributed by atoms with E-state index in [1.165, 1.54) is 14.2 Å². The first kappa shape index (κ1) is 24.7. The first-order valence-electron chi connectivity index (χ1n) is 10.3. The molecule has 0 saturated heterocycles. The van der Waals surface area contributed by atoms with Gasteiger partial charge in [0, 0.05) is 24.8 Å². The van der Waals surface area contributed by atoms with Crippen LogP contribution in [0.5, 0.6) is 0 Å². The summed E-state index contributed by atoms with van der Waals surface area (Å²) in [5, 5.41) is 18.6. The van der Waals surface area contributed by atoms with Crippen LogP contribution in [0, 0.1) is 0 Å². The van der Waals surface area contributed by atoms with Crippen LogP contribution in [0.2, 0.25) is 0 Å². The zero-order valence-corrected chi connectivity index (χ0v) is 18.0. The second kappa shape index (κ2) is 12.3. The fourth-order valence-electron chi connectivity index (χ4n) is 4.01. The summed E-state index contributed by atoms with van der Waals surface area (Å²) in [5.41, 5.74) is 1.40. The highest BCUT2D eigenvalue weighted by Crippen LogP contribution is 2.28. The number of carbonyl (C=O) groups is 3. The van der Waals surface area contributed by atoms with Gasteiger partial charge in [-0.1, -0.05) is 18.9 Å². The number of aromatic nitrogens is 1. The van der Waals surface area contributed by atoms with Gasteiger partial charge in [0.2, 0.25) is 0 Å². The molecule has 2 N–H and O–H groups in total. The van der Waals surface area contributed by atoms with E-state index in [2.05, 4.69) is 4.98 Å². The SMILES string of the molecule is COC(=O)CN(CC(=O)O)C1CCCC[C@@H]1N(CC(=O)OC)Cc1ccc(CO)cn1. The van der Waals surface area contributed by atoms with Crippen molar-refractivity contribution in [1.82, 2.24) is 14.8 Å². The Balaban J connectivity index is 2.30. The van der Waals surface area contributed by atoms with Gasteiger partial charge in [-0.25, -0.2) is 0 Å². The third-order valence-corrected chi connectivity index (χ3v) is 5.52. The summed E-state index contributed by atoms with van der Waals surface area (Å²) in [7, 11) is 2.59. The van der Waals surface area contributed by atoms with Crippen LogP contribution in [-0.4, -0.2) is 88.8 Å². The number of hydrogen-bond donors (Lipinski definition) is 2. The van der Waals surface area contributed by atoms with E-state index >= 15 is 0 Å². The number of carboxylic acid groups (broad SMARTS) is 1. The number of carboxylic acids is 1. The normalized spacial score (nSPS) is 18.7. The Morgan fingerprint density at radius 1 is 1.00 bits per heavy atom. The average molecular weight is 437 g/mol. The van der Waals surface area contributed by atoms with E-state index in [1.807, 2.05) is 4.90 Å². The van der Waals surface area contributed by atoms with Crippen molar-refractivity contribution in [2.45, 2.75) is 50.9 Å². The van der Waals surface area contributed by atoms with Gasteiger partial charge in [-0.05, 0) is 24.5 Å². The maximum Gasteiger partial charge on any atom is 0.319 e. The number of esters is 2. The predicted octanol–water partition coefficient (Wildman–Crippen LogP) is 0.420. The van der Waals surface area contributed by atoms with Crippen LogP contribution in [-0.2, 0) is 37.0 Å². The smallest absolute Gasteiger partial charge is 0.319 e. The molecule has 0 amide bonds. The minimum atomic E-state index is -1.03. The highest BCUT2D eigenvalue weighted by atomic mass is 16.5. The quantitative estimate of drug-likeness (QED) is 0.470. The number of methoxy groups -OCH3 is 2. The molecule has 31 heavy (non-hydrogen) atoms. The van der Waals surface area contributed by atoms with Crippen molar-refractivity contribution < 1.29 is 34.1 Å². The fourth-order valence-corrected chi connectivity index (χ4v) is 4.01. The number of aliphatic hydroxyl groups excluding tert-OH is 1. The Kier molecular flexibility index (Phi) is 9.83. The first-order chi connectivity index (χ1) is 14.9. The Hall–Kier alpha value is -2.56. The summed E-state index contributed by atoms with van der Waals surface area (Å²) in [5.74, 6) is -1.95. The lowest BCUT2D eigenvalue weighted by Gasteiger charge is -2.44. The van der Waals surface area contributed by atoms with Crippen molar-refractivity contribution >= 4 is 17.9 Å². The number of ether oxygens (including phenoxy) is 2. The van der Waals surface area contributed by atoms with Crippen LogP contribution in [0.3, 0.4) is 0 Å². The van der Waals surface area contributed by atoms with Crippen molar-refractivity contribution in [2.24, 2.45) is 0 Å². The Bertz CT molecular complexity index is 741. The van der Waals surface area contributed by atoms with E-state index in [0.29, 0.717) is 24.2 Å². The van der Waals surface area contributed by atoms with Crippen LogP contribution < -0.4 is 0 Å². The second-order valence-corrected chi connectivity index (χ2v) is 7.59. The lowest BCUT2D eigenvalue weighted by molar-refractivity contribution is -0.148. The van der Waals surface area contributed by atoms with Gasteiger partial charge in [0.15, 0.2) is 0 Å². The van der Waals surface area contributed by atoms with Crippen LogP contribution in [0.1, 0.15) is 36.9 Å².